The summed E-state index contributed by atoms with van der Waals surface area (Å²) in [5, 5.41) is 8.85. The normalized spacial score (nSPS) is 11.3. The molecule has 0 heterocycles. The number of benzene rings is 1. The lowest BCUT2D eigenvalue weighted by atomic mass is 10.2. The number of aromatic carboxylic acids is 1. The largest absolute Gasteiger partial charge is 0.495 e. The predicted molar refractivity (Wildman–Crippen MR) is 66.2 cm³/mol. The van der Waals surface area contributed by atoms with Crippen LogP contribution in [0.5, 0.6) is 5.75 Å². The molecular weight excluding hydrogens is 260 g/mol. The van der Waals surface area contributed by atoms with E-state index in [0.717, 1.165) is 4.31 Å². The molecule has 0 saturated heterocycles. The molecule has 2 N–H and O–H groups in total. The second kappa shape index (κ2) is 5.23. The molecule has 0 bridgehead atoms. The van der Waals surface area contributed by atoms with E-state index >= 15 is 0 Å². The van der Waals surface area contributed by atoms with E-state index in [1.165, 1.54) is 39.4 Å². The molecule has 0 fully saturated rings. The third-order valence-electron chi connectivity index (χ3n) is 2.17. The summed E-state index contributed by atoms with van der Waals surface area (Å²) in [4.78, 5) is 10.8. The first kappa shape index (κ1) is 14.3. The van der Waals surface area contributed by atoms with Crippen molar-refractivity contribution in [2.45, 2.75) is 0 Å². The quantitative estimate of drug-likeness (QED) is 0.820. The number of nitrogens with zero attached hydrogens (tertiary/aromatic N) is 1. The molecule has 0 saturated carbocycles. The van der Waals surface area contributed by atoms with Crippen molar-refractivity contribution < 1.29 is 23.1 Å². The average molecular weight is 274 g/mol. The number of ether oxygens (including phenoxy) is 1. The summed E-state index contributed by atoms with van der Waals surface area (Å²) in [7, 11) is 0.362. The highest BCUT2D eigenvalue weighted by molar-refractivity contribution is 7.90. The van der Waals surface area contributed by atoms with Gasteiger partial charge in [-0.15, -0.1) is 0 Å². The summed E-state index contributed by atoms with van der Waals surface area (Å²) in [6.45, 7) is 0. The molecule has 1 aromatic carbocycles. The van der Waals surface area contributed by atoms with Crippen LogP contribution in [0.1, 0.15) is 10.4 Å². The third kappa shape index (κ3) is 3.11. The maximum absolute atomic E-state index is 11.7. The lowest BCUT2D eigenvalue weighted by molar-refractivity contribution is 0.0697. The van der Waals surface area contributed by atoms with Crippen LogP contribution in [0.4, 0.5) is 5.69 Å². The molecule has 100 valence electrons. The zero-order chi connectivity index (χ0) is 13.9. The van der Waals surface area contributed by atoms with Gasteiger partial charge in [0.05, 0.1) is 18.4 Å². The second-order valence-electron chi connectivity index (χ2n) is 3.61. The van der Waals surface area contributed by atoms with Gasteiger partial charge in [-0.3, -0.25) is 4.72 Å². The fourth-order valence-corrected chi connectivity index (χ4v) is 1.77. The molecule has 18 heavy (non-hydrogen) atoms. The Morgan fingerprint density at radius 1 is 1.39 bits per heavy atom. The molecule has 1 rings (SSSR count). The zero-order valence-corrected chi connectivity index (χ0v) is 11.0. The fraction of sp³-hybridized carbons (Fsp3) is 0.300. The Hall–Kier alpha value is -1.80. The Labute approximate surface area is 105 Å². The number of carboxylic acids is 1. The monoisotopic (exact) mass is 274 g/mol. The lowest BCUT2D eigenvalue weighted by Gasteiger charge is -2.15. The average Bonchev–Trinajstić information content (AvgIpc) is 2.28. The molecular formula is C10H14N2O5S. The van der Waals surface area contributed by atoms with E-state index in [9.17, 15) is 13.2 Å². The van der Waals surface area contributed by atoms with Crippen molar-refractivity contribution in [3.63, 3.8) is 0 Å². The van der Waals surface area contributed by atoms with Gasteiger partial charge in [-0.1, -0.05) is 0 Å². The number of nitrogens with one attached hydrogen (secondary N) is 1. The Bertz CT molecular complexity index is 553. The molecule has 8 heteroatoms. The first-order valence-electron chi connectivity index (χ1n) is 4.89. The highest BCUT2D eigenvalue weighted by Crippen LogP contribution is 2.26. The second-order valence-corrected chi connectivity index (χ2v) is 5.49. The first-order chi connectivity index (χ1) is 8.27. The maximum atomic E-state index is 11.7. The van der Waals surface area contributed by atoms with Crippen LogP contribution in [0.25, 0.3) is 0 Å². The van der Waals surface area contributed by atoms with Crippen molar-refractivity contribution >= 4 is 21.9 Å². The van der Waals surface area contributed by atoms with Crippen LogP contribution in [-0.2, 0) is 10.2 Å². The molecule has 0 aliphatic heterocycles. The Morgan fingerprint density at radius 2 is 2.00 bits per heavy atom. The zero-order valence-electron chi connectivity index (χ0n) is 10.2. The van der Waals surface area contributed by atoms with Crippen LogP contribution in [0.2, 0.25) is 0 Å². The minimum atomic E-state index is -3.72. The summed E-state index contributed by atoms with van der Waals surface area (Å²) in [6, 6.07) is 3.91. The lowest BCUT2D eigenvalue weighted by Crippen LogP contribution is -2.29. The van der Waals surface area contributed by atoms with Crippen LogP contribution >= 0.6 is 0 Å². The van der Waals surface area contributed by atoms with E-state index < -0.39 is 16.2 Å². The first-order valence-corrected chi connectivity index (χ1v) is 6.33. The van der Waals surface area contributed by atoms with Crippen LogP contribution in [0.15, 0.2) is 18.2 Å². The van der Waals surface area contributed by atoms with Gasteiger partial charge in [0.2, 0.25) is 0 Å². The number of anilines is 1. The van der Waals surface area contributed by atoms with Gasteiger partial charge in [-0.2, -0.15) is 12.7 Å². The van der Waals surface area contributed by atoms with Gasteiger partial charge in [0.15, 0.2) is 0 Å². The number of carbonyl (C=O) groups is 1. The van der Waals surface area contributed by atoms with Gasteiger partial charge < -0.3 is 9.84 Å². The summed E-state index contributed by atoms with van der Waals surface area (Å²) in [5.74, 6) is -0.909. The third-order valence-corrected chi connectivity index (χ3v) is 3.61. The summed E-state index contributed by atoms with van der Waals surface area (Å²) < 4.78 is 31.5. The maximum Gasteiger partial charge on any atom is 0.335 e. The highest BCUT2D eigenvalue weighted by Gasteiger charge is 2.17. The predicted octanol–water partition coefficient (Wildman–Crippen LogP) is 0.612. The number of hydrogen-bond donors (Lipinski definition) is 2. The molecule has 0 aliphatic rings. The number of hydrogen-bond acceptors (Lipinski definition) is 4. The molecule has 0 aliphatic carbocycles. The molecule has 0 unspecified atom stereocenters. The van der Waals surface area contributed by atoms with Gasteiger partial charge in [-0.25, -0.2) is 4.79 Å². The van der Waals surface area contributed by atoms with Crippen molar-refractivity contribution in [3.05, 3.63) is 23.8 Å². The molecule has 1 aromatic rings. The molecule has 0 atom stereocenters. The highest BCUT2D eigenvalue weighted by atomic mass is 32.2. The van der Waals surface area contributed by atoms with Crippen molar-refractivity contribution in [1.29, 1.82) is 0 Å². The van der Waals surface area contributed by atoms with Gasteiger partial charge in [0.25, 0.3) is 0 Å². The number of rotatable bonds is 5. The van der Waals surface area contributed by atoms with E-state index in [1.54, 1.807) is 0 Å². The topological polar surface area (TPSA) is 95.9 Å². The van der Waals surface area contributed by atoms with E-state index in [2.05, 4.69) is 4.72 Å². The van der Waals surface area contributed by atoms with E-state index in [-0.39, 0.29) is 17.0 Å². The van der Waals surface area contributed by atoms with E-state index in [4.69, 9.17) is 9.84 Å². The summed E-state index contributed by atoms with van der Waals surface area (Å²) in [6.07, 6.45) is 0. The SMILES string of the molecule is COc1ccc(C(=O)O)cc1NS(=O)(=O)N(C)C. The Kier molecular flexibility index (Phi) is 4.15. The van der Waals surface area contributed by atoms with Crippen molar-refractivity contribution in [3.8, 4) is 5.75 Å². The van der Waals surface area contributed by atoms with Crippen molar-refractivity contribution in [2.75, 3.05) is 25.9 Å². The van der Waals surface area contributed by atoms with Crippen molar-refractivity contribution in [2.24, 2.45) is 0 Å². The number of methoxy groups -OCH3 is 1. The van der Waals surface area contributed by atoms with Gasteiger partial charge in [-0.05, 0) is 18.2 Å². The van der Waals surface area contributed by atoms with Crippen LogP contribution in [0.3, 0.4) is 0 Å². The van der Waals surface area contributed by atoms with Gasteiger partial charge in [0.1, 0.15) is 5.75 Å². The summed E-state index contributed by atoms with van der Waals surface area (Å²) in [5.41, 5.74) is 0.0401. The van der Waals surface area contributed by atoms with Crippen LogP contribution in [0, 0.1) is 0 Å². The van der Waals surface area contributed by atoms with Crippen LogP contribution in [-0.4, -0.2) is 45.0 Å². The standard InChI is InChI=1S/C10H14N2O5S/c1-12(2)18(15,16)11-8-6-7(10(13)14)4-5-9(8)17-3/h4-6,11H,1-3H3,(H,13,14). The number of carboxylic acid groups (broad SMARTS) is 1. The Balaban J connectivity index is 3.21. The van der Waals surface area contributed by atoms with Crippen LogP contribution < -0.4 is 9.46 Å². The van der Waals surface area contributed by atoms with Gasteiger partial charge in [0, 0.05) is 14.1 Å². The molecule has 0 aromatic heterocycles. The Morgan fingerprint density at radius 3 is 2.44 bits per heavy atom. The fourth-order valence-electron chi connectivity index (χ4n) is 1.15. The minimum absolute atomic E-state index is 0.0349. The molecule has 7 nitrogen and oxygen atoms in total. The minimum Gasteiger partial charge on any atom is -0.495 e. The molecule has 0 spiro atoms. The van der Waals surface area contributed by atoms with E-state index in [1.807, 2.05) is 0 Å². The smallest absolute Gasteiger partial charge is 0.335 e. The van der Waals surface area contributed by atoms with Gasteiger partial charge >= 0.3 is 16.2 Å². The summed E-state index contributed by atoms with van der Waals surface area (Å²) >= 11 is 0. The van der Waals surface area contributed by atoms with E-state index in [0.29, 0.717) is 0 Å². The molecule has 0 radical (unpaired) electrons. The van der Waals surface area contributed by atoms with Crippen molar-refractivity contribution in [1.82, 2.24) is 4.31 Å². The molecule has 0 amide bonds.